The summed E-state index contributed by atoms with van der Waals surface area (Å²) >= 11 is 0. The van der Waals surface area contributed by atoms with Crippen LogP contribution >= 0.6 is 0 Å². The fraction of sp³-hybridized carbons (Fsp3) is 0.467. The second kappa shape index (κ2) is 6.58. The number of hydrogen-bond acceptors (Lipinski definition) is 4. The molecule has 1 aromatic carbocycles. The van der Waals surface area contributed by atoms with Gasteiger partial charge in [0.2, 0.25) is 5.91 Å². The number of rotatable bonds is 5. The summed E-state index contributed by atoms with van der Waals surface area (Å²) in [6.45, 7) is 1.86. The first-order valence-electron chi connectivity index (χ1n) is 6.84. The Morgan fingerprint density at radius 3 is 2.43 bits per heavy atom. The van der Waals surface area contributed by atoms with Crippen LogP contribution in [0.15, 0.2) is 24.3 Å². The van der Waals surface area contributed by atoms with Crippen LogP contribution < -0.4 is 10.1 Å². The first kappa shape index (κ1) is 15.3. The highest BCUT2D eigenvalue weighted by atomic mass is 16.5. The van der Waals surface area contributed by atoms with E-state index >= 15 is 0 Å². The smallest absolute Gasteiger partial charge is 0.332 e. The molecule has 21 heavy (non-hydrogen) atoms. The van der Waals surface area contributed by atoms with Gasteiger partial charge in [-0.15, -0.1) is 0 Å². The van der Waals surface area contributed by atoms with Crippen molar-refractivity contribution >= 4 is 11.9 Å². The van der Waals surface area contributed by atoms with E-state index in [1.54, 1.807) is 7.11 Å². The third-order valence-corrected chi connectivity index (χ3v) is 3.56. The number of benzene rings is 1. The minimum atomic E-state index is -1.02. The predicted octanol–water partition coefficient (Wildman–Crippen LogP) is 1.50. The van der Waals surface area contributed by atoms with Crippen LogP contribution in [0.3, 0.4) is 0 Å². The largest absolute Gasteiger partial charge is 0.497 e. The van der Waals surface area contributed by atoms with Crippen LogP contribution in [0.1, 0.15) is 31.4 Å². The molecule has 0 aromatic heterocycles. The standard InChI is InChI=1S/C15H19NO5/c1-9(10-3-5-11(20-2)6-4-10)16-14(17)12-7-8-13(21-12)15(18)19/h3-6,9,12-13H,7-8H2,1-2H3,(H,16,17)(H,18,19)/t9-,12-,13+/m0/s1. The van der Waals surface area contributed by atoms with Gasteiger partial charge in [-0.3, -0.25) is 4.79 Å². The Morgan fingerprint density at radius 2 is 1.90 bits per heavy atom. The van der Waals surface area contributed by atoms with Crippen molar-refractivity contribution in [2.75, 3.05) is 7.11 Å². The van der Waals surface area contributed by atoms with E-state index in [1.165, 1.54) is 0 Å². The van der Waals surface area contributed by atoms with Gasteiger partial charge in [0.25, 0.3) is 0 Å². The third kappa shape index (κ3) is 3.72. The summed E-state index contributed by atoms with van der Waals surface area (Å²) in [6.07, 6.45) is -0.772. The van der Waals surface area contributed by atoms with Gasteiger partial charge in [-0.25, -0.2) is 4.79 Å². The van der Waals surface area contributed by atoms with E-state index in [-0.39, 0.29) is 11.9 Å². The SMILES string of the molecule is COc1ccc([C@H](C)NC(=O)[C@@H]2CC[C@H](C(=O)O)O2)cc1. The summed E-state index contributed by atoms with van der Waals surface area (Å²) in [4.78, 5) is 22.9. The lowest BCUT2D eigenvalue weighted by Gasteiger charge is -2.18. The van der Waals surface area contributed by atoms with Crippen LogP contribution in [0.5, 0.6) is 5.75 Å². The van der Waals surface area contributed by atoms with E-state index in [0.29, 0.717) is 12.8 Å². The first-order valence-corrected chi connectivity index (χ1v) is 6.84. The van der Waals surface area contributed by atoms with E-state index in [9.17, 15) is 9.59 Å². The molecule has 0 bridgehead atoms. The molecule has 1 aliphatic heterocycles. The summed E-state index contributed by atoms with van der Waals surface area (Å²) in [5, 5.41) is 11.7. The zero-order valence-corrected chi connectivity index (χ0v) is 12.0. The number of carboxylic acid groups (broad SMARTS) is 1. The molecule has 2 rings (SSSR count). The van der Waals surface area contributed by atoms with Crippen molar-refractivity contribution in [1.29, 1.82) is 0 Å². The summed E-state index contributed by atoms with van der Waals surface area (Å²) in [5.74, 6) is -0.545. The molecule has 0 radical (unpaired) electrons. The van der Waals surface area contributed by atoms with Crippen molar-refractivity contribution in [1.82, 2.24) is 5.32 Å². The van der Waals surface area contributed by atoms with Gasteiger partial charge in [-0.1, -0.05) is 12.1 Å². The molecule has 6 heteroatoms. The summed E-state index contributed by atoms with van der Waals surface area (Å²) < 4.78 is 10.3. The van der Waals surface area contributed by atoms with E-state index < -0.39 is 18.2 Å². The number of hydrogen-bond donors (Lipinski definition) is 2. The van der Waals surface area contributed by atoms with Gasteiger partial charge in [0.1, 0.15) is 11.9 Å². The molecule has 6 nitrogen and oxygen atoms in total. The van der Waals surface area contributed by atoms with Crippen molar-refractivity contribution in [2.45, 2.75) is 38.0 Å². The van der Waals surface area contributed by atoms with Crippen molar-refractivity contribution in [3.8, 4) is 5.75 Å². The number of carbonyl (C=O) groups excluding carboxylic acids is 1. The van der Waals surface area contributed by atoms with E-state index in [4.69, 9.17) is 14.6 Å². The lowest BCUT2D eigenvalue weighted by molar-refractivity contribution is -0.151. The lowest BCUT2D eigenvalue weighted by atomic mass is 10.1. The monoisotopic (exact) mass is 293 g/mol. The molecular weight excluding hydrogens is 274 g/mol. The molecule has 1 amide bonds. The molecular formula is C15H19NO5. The Hall–Kier alpha value is -2.08. The second-order valence-corrected chi connectivity index (χ2v) is 5.03. The number of amides is 1. The first-order chi connectivity index (χ1) is 10.0. The zero-order chi connectivity index (χ0) is 15.4. The van der Waals surface area contributed by atoms with Gasteiger partial charge in [0, 0.05) is 0 Å². The van der Waals surface area contributed by atoms with Crippen LogP contribution in [0.2, 0.25) is 0 Å². The quantitative estimate of drug-likeness (QED) is 0.859. The number of methoxy groups -OCH3 is 1. The normalized spacial score (nSPS) is 22.6. The molecule has 0 saturated carbocycles. The second-order valence-electron chi connectivity index (χ2n) is 5.03. The molecule has 2 N–H and O–H groups in total. The van der Waals surface area contributed by atoms with Crippen molar-refractivity contribution in [3.05, 3.63) is 29.8 Å². The molecule has 1 heterocycles. The minimum Gasteiger partial charge on any atom is -0.497 e. The molecule has 3 atom stereocenters. The maximum Gasteiger partial charge on any atom is 0.332 e. The third-order valence-electron chi connectivity index (χ3n) is 3.56. The zero-order valence-electron chi connectivity index (χ0n) is 12.0. The van der Waals surface area contributed by atoms with E-state index in [2.05, 4.69) is 5.32 Å². The molecule has 1 fully saturated rings. The van der Waals surface area contributed by atoms with E-state index in [1.807, 2.05) is 31.2 Å². The van der Waals surface area contributed by atoms with Gasteiger partial charge in [-0.2, -0.15) is 0 Å². The van der Waals surface area contributed by atoms with Gasteiger partial charge < -0.3 is 19.9 Å². The fourth-order valence-corrected chi connectivity index (χ4v) is 2.29. The van der Waals surface area contributed by atoms with Crippen molar-refractivity contribution in [2.24, 2.45) is 0 Å². The van der Waals surface area contributed by atoms with Crippen LogP contribution in [0.4, 0.5) is 0 Å². The molecule has 0 aliphatic carbocycles. The summed E-state index contributed by atoms with van der Waals surface area (Å²) in [6, 6.07) is 7.21. The van der Waals surface area contributed by atoms with Gasteiger partial charge in [0.05, 0.1) is 13.2 Å². The Morgan fingerprint density at radius 1 is 1.29 bits per heavy atom. The molecule has 1 aliphatic rings. The van der Waals surface area contributed by atoms with Gasteiger partial charge in [-0.05, 0) is 37.5 Å². The molecule has 0 unspecified atom stereocenters. The van der Waals surface area contributed by atoms with Gasteiger partial charge >= 0.3 is 5.97 Å². The average Bonchev–Trinajstić information content (AvgIpc) is 2.97. The minimum absolute atomic E-state index is 0.184. The topological polar surface area (TPSA) is 84.9 Å². The summed E-state index contributed by atoms with van der Waals surface area (Å²) in [7, 11) is 1.59. The Kier molecular flexibility index (Phi) is 4.80. The Bertz CT molecular complexity index is 513. The predicted molar refractivity (Wildman–Crippen MR) is 75.1 cm³/mol. The van der Waals surface area contributed by atoms with Gasteiger partial charge in [0.15, 0.2) is 6.10 Å². The molecule has 1 saturated heterocycles. The number of aliphatic carboxylic acids is 1. The highest BCUT2D eigenvalue weighted by Crippen LogP contribution is 2.22. The number of ether oxygens (including phenoxy) is 2. The molecule has 0 spiro atoms. The number of carboxylic acids is 1. The number of nitrogens with one attached hydrogen (secondary N) is 1. The maximum absolute atomic E-state index is 12.1. The molecule has 114 valence electrons. The van der Waals surface area contributed by atoms with Crippen LogP contribution in [0.25, 0.3) is 0 Å². The Balaban J connectivity index is 1.91. The number of carbonyl (C=O) groups is 2. The van der Waals surface area contributed by atoms with Crippen LogP contribution in [0, 0.1) is 0 Å². The van der Waals surface area contributed by atoms with Crippen molar-refractivity contribution < 1.29 is 24.2 Å². The fourth-order valence-electron chi connectivity index (χ4n) is 2.29. The van der Waals surface area contributed by atoms with Crippen LogP contribution in [-0.4, -0.2) is 36.3 Å². The maximum atomic E-state index is 12.1. The lowest BCUT2D eigenvalue weighted by Crippen LogP contribution is -2.37. The van der Waals surface area contributed by atoms with Crippen molar-refractivity contribution in [3.63, 3.8) is 0 Å². The molecule has 1 aromatic rings. The average molecular weight is 293 g/mol. The Labute approximate surface area is 123 Å². The highest BCUT2D eigenvalue weighted by molar-refractivity contribution is 5.83. The van der Waals surface area contributed by atoms with Crippen LogP contribution in [-0.2, 0) is 14.3 Å². The summed E-state index contributed by atoms with van der Waals surface area (Å²) in [5.41, 5.74) is 0.942. The highest BCUT2D eigenvalue weighted by Gasteiger charge is 2.35. The van der Waals surface area contributed by atoms with E-state index in [0.717, 1.165) is 11.3 Å².